The molecule has 0 fully saturated rings. The van der Waals surface area contributed by atoms with Crippen molar-refractivity contribution in [3.8, 4) is 22.3 Å². The lowest BCUT2D eigenvalue weighted by molar-refractivity contribution is 0.458. The minimum Gasteiger partial charge on any atom is -0.207 e. The summed E-state index contributed by atoms with van der Waals surface area (Å²) >= 11 is 0. The lowest BCUT2D eigenvalue weighted by Gasteiger charge is -2.20. The molecular weight excluding hydrogens is 521 g/mol. The van der Waals surface area contributed by atoms with Crippen LogP contribution in [0, 0.1) is 64.0 Å². The highest BCUT2D eigenvalue weighted by Crippen LogP contribution is 2.48. The van der Waals surface area contributed by atoms with Crippen molar-refractivity contribution in [2.75, 3.05) is 0 Å². The Bertz CT molecular complexity index is 1740. The zero-order valence-corrected chi connectivity index (χ0v) is 17.7. The summed E-state index contributed by atoms with van der Waals surface area (Å²) in [5.74, 6) is -20.2. The van der Waals surface area contributed by atoms with E-state index in [0.717, 1.165) is 0 Å². The molecule has 0 spiro atoms. The highest BCUT2D eigenvalue weighted by Gasteiger charge is 2.31. The Labute approximate surface area is 199 Å². The molecule has 0 unspecified atom stereocenters. The topological polar surface area (TPSA) is 0 Å². The van der Waals surface area contributed by atoms with Crippen LogP contribution in [0.4, 0.5) is 48.3 Å². The van der Waals surface area contributed by atoms with E-state index in [4.69, 9.17) is 0 Å². The second-order valence-corrected chi connectivity index (χ2v) is 7.91. The summed E-state index contributed by atoms with van der Waals surface area (Å²) in [6.07, 6.45) is 0. The van der Waals surface area contributed by atoms with Gasteiger partial charge in [0.1, 0.15) is 17.5 Å². The maximum Gasteiger partial charge on any atom is 0.169 e. The SMILES string of the molecule is Fc1ccc2c(-c3c(F)c(F)cc(F)c3F)c3c(F)ccc(F)c3c(-c3c(F)c(F)cc(F)c3F)c2c1. The summed E-state index contributed by atoms with van der Waals surface area (Å²) in [6, 6.07) is 2.36. The van der Waals surface area contributed by atoms with E-state index >= 15 is 8.78 Å². The molecule has 0 aliphatic carbocycles. The number of rotatable bonds is 2. The molecule has 0 amide bonds. The third-order valence-corrected chi connectivity index (χ3v) is 5.85. The monoisotopic (exact) mass is 528 g/mol. The van der Waals surface area contributed by atoms with Gasteiger partial charge in [-0.25, -0.2) is 48.3 Å². The molecule has 0 atom stereocenters. The van der Waals surface area contributed by atoms with Crippen molar-refractivity contribution in [3.63, 3.8) is 0 Å². The zero-order chi connectivity index (χ0) is 26.9. The molecule has 0 radical (unpaired) electrons. The van der Waals surface area contributed by atoms with Gasteiger partial charge in [-0.1, -0.05) is 6.07 Å². The minimum atomic E-state index is -2.07. The Hall–Kier alpha value is -4.15. The van der Waals surface area contributed by atoms with Gasteiger partial charge < -0.3 is 0 Å². The summed E-state index contributed by atoms with van der Waals surface area (Å²) in [4.78, 5) is 0. The van der Waals surface area contributed by atoms with Crippen LogP contribution in [0.15, 0.2) is 42.5 Å². The van der Waals surface area contributed by atoms with Gasteiger partial charge in [0.2, 0.25) is 0 Å². The first kappa shape index (κ1) is 24.5. The molecule has 5 aromatic carbocycles. The van der Waals surface area contributed by atoms with Crippen molar-refractivity contribution in [2.24, 2.45) is 0 Å². The van der Waals surface area contributed by atoms with Crippen LogP contribution >= 0.6 is 0 Å². The largest absolute Gasteiger partial charge is 0.207 e. The van der Waals surface area contributed by atoms with Crippen LogP contribution in [0.3, 0.4) is 0 Å². The standard InChI is InChI=1S/C26H7F11/c27-8-1-2-9-10(5-8)18(22-25(36)15(32)7-16(33)26(22)37)20-12(29)4-3-11(28)19(20)17(9)21-23(34)13(30)6-14(31)24(21)35/h1-7H. The fraction of sp³-hybridized carbons (Fsp3) is 0. The number of benzene rings is 5. The van der Waals surface area contributed by atoms with E-state index in [1.54, 1.807) is 0 Å². The molecule has 0 N–H and O–H groups in total. The molecule has 0 nitrogen and oxygen atoms in total. The third kappa shape index (κ3) is 3.52. The summed E-state index contributed by atoms with van der Waals surface area (Å²) < 4.78 is 161. The molecule has 37 heavy (non-hydrogen) atoms. The van der Waals surface area contributed by atoms with Gasteiger partial charge >= 0.3 is 0 Å². The van der Waals surface area contributed by atoms with Crippen molar-refractivity contribution >= 4 is 21.5 Å². The molecule has 0 aromatic heterocycles. The van der Waals surface area contributed by atoms with E-state index in [1.165, 1.54) is 0 Å². The fourth-order valence-corrected chi connectivity index (χ4v) is 4.36. The first-order chi connectivity index (χ1) is 17.4. The molecule has 5 aromatic rings. The van der Waals surface area contributed by atoms with Crippen LogP contribution in [0.5, 0.6) is 0 Å². The Morgan fingerprint density at radius 1 is 0.324 bits per heavy atom. The number of fused-ring (bicyclic) bond motifs is 2. The van der Waals surface area contributed by atoms with E-state index < -0.39 is 108 Å². The van der Waals surface area contributed by atoms with Crippen LogP contribution < -0.4 is 0 Å². The maximum atomic E-state index is 15.2. The Morgan fingerprint density at radius 2 is 0.703 bits per heavy atom. The Kier molecular flexibility index (Phi) is 5.61. The molecule has 0 aliphatic heterocycles. The molecule has 0 bridgehead atoms. The predicted molar refractivity (Wildman–Crippen MR) is 112 cm³/mol. The second kappa shape index (κ2) is 8.46. The van der Waals surface area contributed by atoms with Gasteiger partial charge in [0, 0.05) is 34.0 Å². The van der Waals surface area contributed by atoms with E-state index in [9.17, 15) is 39.5 Å². The molecule has 5 rings (SSSR count). The first-order valence-corrected chi connectivity index (χ1v) is 10.1. The molecule has 0 aliphatic rings. The normalized spacial score (nSPS) is 11.6. The van der Waals surface area contributed by atoms with Crippen molar-refractivity contribution < 1.29 is 48.3 Å². The molecule has 188 valence electrons. The van der Waals surface area contributed by atoms with Crippen LogP contribution in [-0.2, 0) is 0 Å². The van der Waals surface area contributed by atoms with Gasteiger partial charge in [-0.05, 0) is 35.0 Å². The predicted octanol–water partition coefficient (Wildman–Crippen LogP) is 8.86. The summed E-state index contributed by atoms with van der Waals surface area (Å²) in [7, 11) is 0. The van der Waals surface area contributed by atoms with E-state index in [-0.39, 0.29) is 12.1 Å². The molecular formula is C26H7F11. The quantitative estimate of drug-likeness (QED) is 0.122. The van der Waals surface area contributed by atoms with Gasteiger partial charge in [0.05, 0.1) is 11.1 Å². The summed E-state index contributed by atoms with van der Waals surface area (Å²) in [5, 5.41) is -3.84. The number of hydrogen-bond acceptors (Lipinski definition) is 0. The lowest BCUT2D eigenvalue weighted by atomic mass is 9.84. The van der Waals surface area contributed by atoms with Gasteiger partial charge in [0.15, 0.2) is 46.5 Å². The Morgan fingerprint density at radius 3 is 1.11 bits per heavy atom. The van der Waals surface area contributed by atoms with Crippen molar-refractivity contribution in [3.05, 3.63) is 106 Å². The van der Waals surface area contributed by atoms with Crippen molar-refractivity contribution in [1.29, 1.82) is 0 Å². The van der Waals surface area contributed by atoms with Crippen LogP contribution in [0.1, 0.15) is 0 Å². The smallest absolute Gasteiger partial charge is 0.169 e. The molecule has 11 heteroatoms. The minimum absolute atomic E-state index is 0.149. The van der Waals surface area contributed by atoms with Crippen LogP contribution in [0.2, 0.25) is 0 Å². The second-order valence-electron chi connectivity index (χ2n) is 7.91. The lowest BCUT2D eigenvalue weighted by Crippen LogP contribution is -2.05. The highest BCUT2D eigenvalue weighted by molar-refractivity contribution is 6.21. The van der Waals surface area contributed by atoms with Crippen LogP contribution in [0.25, 0.3) is 43.8 Å². The fourth-order valence-electron chi connectivity index (χ4n) is 4.36. The zero-order valence-electron chi connectivity index (χ0n) is 17.7. The maximum absolute atomic E-state index is 15.2. The average Bonchev–Trinajstić information content (AvgIpc) is 2.84. The van der Waals surface area contributed by atoms with Gasteiger partial charge in [-0.2, -0.15) is 0 Å². The van der Waals surface area contributed by atoms with Gasteiger partial charge in [0.25, 0.3) is 0 Å². The number of halogens is 11. The highest BCUT2D eigenvalue weighted by atomic mass is 19.2. The first-order valence-electron chi connectivity index (χ1n) is 10.1. The molecule has 0 saturated heterocycles. The third-order valence-electron chi connectivity index (χ3n) is 5.85. The van der Waals surface area contributed by atoms with E-state index in [0.29, 0.717) is 30.3 Å². The summed E-state index contributed by atoms with van der Waals surface area (Å²) in [6.45, 7) is 0. The molecule has 0 saturated carbocycles. The summed E-state index contributed by atoms with van der Waals surface area (Å²) in [5.41, 5.74) is -5.28. The average molecular weight is 528 g/mol. The van der Waals surface area contributed by atoms with Crippen molar-refractivity contribution in [1.82, 2.24) is 0 Å². The van der Waals surface area contributed by atoms with E-state index in [2.05, 4.69) is 0 Å². The number of hydrogen-bond donors (Lipinski definition) is 0. The van der Waals surface area contributed by atoms with Gasteiger partial charge in [-0.3, -0.25) is 0 Å². The van der Waals surface area contributed by atoms with E-state index in [1.807, 2.05) is 0 Å². The molecule has 0 heterocycles. The van der Waals surface area contributed by atoms with Crippen molar-refractivity contribution in [2.45, 2.75) is 0 Å². The Balaban J connectivity index is 2.18. The van der Waals surface area contributed by atoms with Crippen LogP contribution in [-0.4, -0.2) is 0 Å². The van der Waals surface area contributed by atoms with Gasteiger partial charge in [-0.15, -0.1) is 0 Å².